The molecule has 2 N–H and O–H groups in total. The van der Waals surface area contributed by atoms with Crippen molar-refractivity contribution in [3.63, 3.8) is 0 Å². The third-order valence-corrected chi connectivity index (χ3v) is 5.57. The van der Waals surface area contributed by atoms with E-state index >= 15 is 0 Å². The fourth-order valence-electron chi connectivity index (χ4n) is 2.86. The highest BCUT2D eigenvalue weighted by Crippen LogP contribution is 2.36. The zero-order chi connectivity index (χ0) is 25.5. The first kappa shape index (κ1) is 24.8. The van der Waals surface area contributed by atoms with Crippen molar-refractivity contribution >= 4 is 52.3 Å². The minimum atomic E-state index is -0.793. The molecule has 14 heteroatoms. The maximum absolute atomic E-state index is 11.5. The number of nitro benzene ring substituents is 3. The fourth-order valence-corrected chi connectivity index (χ4v) is 3.84. The number of hydrazone groups is 1. The van der Waals surface area contributed by atoms with E-state index in [4.69, 9.17) is 0 Å². The first-order valence-electron chi connectivity index (χ1n) is 9.70. The summed E-state index contributed by atoms with van der Waals surface area (Å²) < 4.78 is 0. The number of nitrogens with zero attached hydrogens (tertiary/aromatic N) is 4. The summed E-state index contributed by atoms with van der Waals surface area (Å²) in [7, 11) is 0. The molecule has 0 aliphatic carbocycles. The summed E-state index contributed by atoms with van der Waals surface area (Å²) in [5.41, 5.74) is 2.00. The van der Waals surface area contributed by atoms with Gasteiger partial charge in [0.05, 0.1) is 32.7 Å². The van der Waals surface area contributed by atoms with Gasteiger partial charge < -0.3 is 5.32 Å². The number of nitrogens with one attached hydrogen (secondary N) is 2. The molecule has 1 amide bonds. The Balaban J connectivity index is 1.94. The maximum atomic E-state index is 11.5. The molecule has 0 aliphatic rings. The molecule has 0 fully saturated rings. The average molecular weight is 496 g/mol. The van der Waals surface area contributed by atoms with Crippen molar-refractivity contribution in [1.82, 2.24) is 0 Å². The van der Waals surface area contributed by atoms with E-state index in [1.54, 1.807) is 24.3 Å². The van der Waals surface area contributed by atoms with E-state index in [1.165, 1.54) is 43.1 Å². The Morgan fingerprint density at radius 3 is 2.17 bits per heavy atom. The largest absolute Gasteiger partial charge is 0.325 e. The van der Waals surface area contributed by atoms with Crippen molar-refractivity contribution in [2.45, 2.75) is 16.7 Å². The summed E-state index contributed by atoms with van der Waals surface area (Å²) in [5, 5.41) is 40.1. The second kappa shape index (κ2) is 10.8. The second-order valence-corrected chi connectivity index (χ2v) is 7.93. The molecule has 0 atom stereocenters. The van der Waals surface area contributed by atoms with Crippen molar-refractivity contribution in [1.29, 1.82) is 0 Å². The van der Waals surface area contributed by atoms with E-state index in [-0.39, 0.29) is 17.3 Å². The van der Waals surface area contributed by atoms with Crippen molar-refractivity contribution in [2.75, 3.05) is 10.7 Å². The van der Waals surface area contributed by atoms with Crippen LogP contribution in [0.4, 0.5) is 28.4 Å². The molecule has 178 valence electrons. The van der Waals surface area contributed by atoms with Gasteiger partial charge in [-0.15, -0.1) is 0 Å². The zero-order valence-electron chi connectivity index (χ0n) is 17.9. The SMILES string of the molecule is CC(=O)Nc1ccccc1Sc1ccc([N+](=O)[O-])cc1/C=N\Nc1ccc([N+](=O)[O-])cc1[N+](=O)[O-]. The van der Waals surface area contributed by atoms with E-state index in [0.29, 0.717) is 21.0 Å². The number of carbonyl (C=O) groups excluding carboxylic acids is 1. The van der Waals surface area contributed by atoms with Crippen molar-refractivity contribution in [3.05, 3.63) is 96.6 Å². The lowest BCUT2D eigenvalue weighted by molar-refractivity contribution is -0.393. The second-order valence-electron chi connectivity index (χ2n) is 6.84. The van der Waals surface area contributed by atoms with Gasteiger partial charge in [0.15, 0.2) is 0 Å². The molecule has 0 aromatic heterocycles. The minimum absolute atomic E-state index is 0.104. The fraction of sp³-hybridized carbons (Fsp3) is 0.0476. The summed E-state index contributed by atoms with van der Waals surface area (Å²) in [4.78, 5) is 44.1. The van der Waals surface area contributed by atoms with E-state index in [0.717, 1.165) is 18.2 Å². The van der Waals surface area contributed by atoms with Gasteiger partial charge >= 0.3 is 5.69 Å². The van der Waals surface area contributed by atoms with E-state index in [1.807, 2.05) is 0 Å². The molecule has 3 rings (SSSR count). The molecule has 0 saturated heterocycles. The number of rotatable bonds is 9. The lowest BCUT2D eigenvalue weighted by Crippen LogP contribution is -2.06. The molecule has 3 aromatic carbocycles. The first-order valence-corrected chi connectivity index (χ1v) is 10.5. The summed E-state index contributed by atoms with van der Waals surface area (Å²) in [6.07, 6.45) is 1.24. The minimum Gasteiger partial charge on any atom is -0.325 e. The van der Waals surface area contributed by atoms with Crippen LogP contribution < -0.4 is 10.7 Å². The highest BCUT2D eigenvalue weighted by atomic mass is 32.2. The summed E-state index contributed by atoms with van der Waals surface area (Å²) in [6, 6.07) is 14.1. The summed E-state index contributed by atoms with van der Waals surface area (Å²) in [5.74, 6) is -0.266. The van der Waals surface area contributed by atoms with Gasteiger partial charge in [0.25, 0.3) is 11.4 Å². The van der Waals surface area contributed by atoms with Crippen molar-refractivity contribution in [2.24, 2.45) is 5.10 Å². The number of benzene rings is 3. The van der Waals surface area contributed by atoms with Gasteiger partial charge in [-0.2, -0.15) is 5.10 Å². The number of nitro groups is 3. The van der Waals surface area contributed by atoms with Crippen LogP contribution in [0, 0.1) is 30.3 Å². The quantitative estimate of drug-likeness (QED) is 0.235. The van der Waals surface area contributed by atoms with Crippen LogP contribution in [0.1, 0.15) is 12.5 Å². The van der Waals surface area contributed by atoms with Gasteiger partial charge in [0.1, 0.15) is 5.69 Å². The Hall–Kier alpha value is -4.85. The Morgan fingerprint density at radius 1 is 0.857 bits per heavy atom. The van der Waals surface area contributed by atoms with Crippen molar-refractivity contribution in [3.8, 4) is 0 Å². The standard InChI is InChI=1S/C21H16N6O7S/c1-13(28)23-18-4-2-3-5-21(18)35-20-9-7-15(25(29)30)10-14(20)12-22-24-17-8-6-16(26(31)32)11-19(17)27(33)34/h2-12,24H,1H3,(H,23,28)/b22-12-. The number of hydrogen-bond acceptors (Lipinski definition) is 10. The molecule has 0 heterocycles. The van der Waals surface area contributed by atoms with E-state index in [2.05, 4.69) is 15.8 Å². The third kappa shape index (κ3) is 6.35. The maximum Gasteiger partial charge on any atom is 0.301 e. The Morgan fingerprint density at radius 2 is 1.51 bits per heavy atom. The normalized spacial score (nSPS) is 10.7. The highest BCUT2D eigenvalue weighted by molar-refractivity contribution is 7.99. The molecule has 3 aromatic rings. The molecule has 0 aliphatic heterocycles. The van der Waals surface area contributed by atoms with Crippen molar-refractivity contribution < 1.29 is 19.6 Å². The van der Waals surface area contributed by atoms with Crippen LogP contribution in [0.5, 0.6) is 0 Å². The van der Waals surface area contributed by atoms with Gasteiger partial charge in [0.2, 0.25) is 5.91 Å². The molecule has 0 unspecified atom stereocenters. The lowest BCUT2D eigenvalue weighted by Gasteiger charge is -2.11. The zero-order valence-corrected chi connectivity index (χ0v) is 18.7. The van der Waals surface area contributed by atoms with Gasteiger partial charge in [-0.05, 0) is 24.3 Å². The molecular weight excluding hydrogens is 480 g/mol. The molecule has 35 heavy (non-hydrogen) atoms. The van der Waals surface area contributed by atoms with Gasteiger partial charge in [-0.3, -0.25) is 40.6 Å². The van der Waals surface area contributed by atoms with Gasteiger partial charge in [0, 0.05) is 40.5 Å². The molecular formula is C21H16N6O7S. The molecule has 0 bridgehead atoms. The monoisotopic (exact) mass is 496 g/mol. The smallest absolute Gasteiger partial charge is 0.301 e. The van der Waals surface area contributed by atoms with E-state index in [9.17, 15) is 35.1 Å². The predicted octanol–water partition coefficient (Wildman–Crippen LogP) is 4.97. The van der Waals surface area contributed by atoms with Crippen LogP contribution in [0.2, 0.25) is 0 Å². The number of hydrogen-bond donors (Lipinski definition) is 2. The molecule has 13 nitrogen and oxygen atoms in total. The van der Waals surface area contributed by atoms with Crippen LogP contribution in [-0.4, -0.2) is 26.9 Å². The van der Waals surface area contributed by atoms with Crippen LogP contribution in [0.3, 0.4) is 0 Å². The average Bonchev–Trinajstić information content (AvgIpc) is 2.80. The highest BCUT2D eigenvalue weighted by Gasteiger charge is 2.19. The Kier molecular flexibility index (Phi) is 7.68. The number of non-ortho nitro benzene ring substituents is 2. The number of para-hydroxylation sites is 1. The summed E-state index contributed by atoms with van der Waals surface area (Å²) >= 11 is 1.22. The third-order valence-electron chi connectivity index (χ3n) is 4.40. The van der Waals surface area contributed by atoms with Crippen LogP contribution in [-0.2, 0) is 4.79 Å². The molecule has 0 spiro atoms. The molecule has 0 radical (unpaired) electrons. The van der Waals surface area contributed by atoms with Crippen LogP contribution in [0.25, 0.3) is 0 Å². The molecule has 0 saturated carbocycles. The Labute approximate surface area is 201 Å². The number of amides is 1. The lowest BCUT2D eigenvalue weighted by atomic mass is 10.2. The number of anilines is 2. The van der Waals surface area contributed by atoms with Crippen LogP contribution >= 0.6 is 11.8 Å². The topological polar surface area (TPSA) is 183 Å². The summed E-state index contributed by atoms with van der Waals surface area (Å²) in [6.45, 7) is 1.37. The van der Waals surface area contributed by atoms with Gasteiger partial charge in [-0.25, -0.2) is 0 Å². The van der Waals surface area contributed by atoms with Gasteiger partial charge in [-0.1, -0.05) is 23.9 Å². The van der Waals surface area contributed by atoms with Crippen LogP contribution in [0.15, 0.2) is 75.6 Å². The number of carbonyl (C=O) groups is 1. The predicted molar refractivity (Wildman–Crippen MR) is 129 cm³/mol. The first-order chi connectivity index (χ1) is 16.7. The van der Waals surface area contributed by atoms with E-state index < -0.39 is 26.1 Å². The Bertz CT molecular complexity index is 1360.